The van der Waals surface area contributed by atoms with Gasteiger partial charge in [0.15, 0.2) is 0 Å². The molecule has 0 atom stereocenters. The van der Waals surface area contributed by atoms with Gasteiger partial charge in [0.05, 0.1) is 16.4 Å². The van der Waals surface area contributed by atoms with Crippen LogP contribution in [0.3, 0.4) is 0 Å². The van der Waals surface area contributed by atoms with Crippen molar-refractivity contribution >= 4 is 33.1 Å². The molecule has 18 heavy (non-hydrogen) atoms. The van der Waals surface area contributed by atoms with Gasteiger partial charge in [-0.05, 0) is 17.7 Å². The summed E-state index contributed by atoms with van der Waals surface area (Å²) in [5.41, 5.74) is 11.1. The SMILES string of the molecule is NC(=O)CNS(=O)(=O)c1ccc(CC(N)=S)cc1. The summed E-state index contributed by atoms with van der Waals surface area (Å²) in [5.74, 6) is -0.747. The number of primary amides is 1. The second-order valence-corrected chi connectivity index (χ2v) is 5.87. The third kappa shape index (κ3) is 4.40. The van der Waals surface area contributed by atoms with Gasteiger partial charge in [-0.3, -0.25) is 4.79 Å². The molecule has 0 aliphatic rings. The van der Waals surface area contributed by atoms with E-state index < -0.39 is 22.5 Å². The van der Waals surface area contributed by atoms with Crippen LogP contribution in [0.25, 0.3) is 0 Å². The topological polar surface area (TPSA) is 115 Å². The number of sulfonamides is 1. The van der Waals surface area contributed by atoms with E-state index >= 15 is 0 Å². The Hall–Kier alpha value is -1.51. The van der Waals surface area contributed by atoms with E-state index in [9.17, 15) is 13.2 Å². The lowest BCUT2D eigenvalue weighted by Crippen LogP contribution is -2.33. The predicted octanol–water partition coefficient (Wildman–Crippen LogP) is -0.721. The molecule has 0 spiro atoms. The number of hydrogen-bond acceptors (Lipinski definition) is 4. The monoisotopic (exact) mass is 287 g/mol. The molecule has 0 saturated heterocycles. The van der Waals surface area contributed by atoms with Crippen LogP contribution in [0, 0.1) is 0 Å². The van der Waals surface area contributed by atoms with Crippen molar-refractivity contribution in [3.8, 4) is 0 Å². The van der Waals surface area contributed by atoms with Gasteiger partial charge >= 0.3 is 0 Å². The highest BCUT2D eigenvalue weighted by molar-refractivity contribution is 7.89. The van der Waals surface area contributed by atoms with E-state index in [4.69, 9.17) is 23.7 Å². The summed E-state index contributed by atoms with van der Waals surface area (Å²) < 4.78 is 25.5. The molecule has 1 amide bonds. The first-order valence-corrected chi connectivity index (χ1v) is 6.85. The Kier molecular flexibility index (Phi) is 4.76. The van der Waals surface area contributed by atoms with Crippen molar-refractivity contribution in [3.05, 3.63) is 29.8 Å². The van der Waals surface area contributed by atoms with Crippen LogP contribution in [0.5, 0.6) is 0 Å². The second-order valence-electron chi connectivity index (χ2n) is 3.58. The van der Waals surface area contributed by atoms with E-state index in [0.717, 1.165) is 5.56 Å². The molecule has 8 heteroatoms. The maximum atomic E-state index is 11.7. The molecule has 0 fully saturated rings. The molecule has 6 nitrogen and oxygen atoms in total. The molecule has 0 aliphatic carbocycles. The summed E-state index contributed by atoms with van der Waals surface area (Å²) in [5, 5.41) is 0. The van der Waals surface area contributed by atoms with Gasteiger partial charge in [-0.15, -0.1) is 0 Å². The van der Waals surface area contributed by atoms with E-state index in [1.54, 1.807) is 12.1 Å². The highest BCUT2D eigenvalue weighted by Crippen LogP contribution is 2.10. The van der Waals surface area contributed by atoms with Gasteiger partial charge in [-0.1, -0.05) is 24.4 Å². The van der Waals surface area contributed by atoms with Crippen LogP contribution in [-0.4, -0.2) is 25.9 Å². The second kappa shape index (κ2) is 5.89. The fraction of sp³-hybridized carbons (Fsp3) is 0.200. The Labute approximate surface area is 110 Å². The average Bonchev–Trinajstić information content (AvgIpc) is 2.26. The summed E-state index contributed by atoms with van der Waals surface area (Å²) >= 11 is 4.75. The fourth-order valence-electron chi connectivity index (χ4n) is 1.24. The molecule has 1 aromatic carbocycles. The minimum atomic E-state index is -3.72. The molecule has 98 valence electrons. The number of nitrogens with two attached hydrogens (primary N) is 2. The molecular formula is C10H13N3O3S2. The lowest BCUT2D eigenvalue weighted by atomic mass is 10.1. The molecule has 0 heterocycles. The van der Waals surface area contributed by atoms with Crippen molar-refractivity contribution in [3.63, 3.8) is 0 Å². The summed E-state index contributed by atoms with van der Waals surface area (Å²) in [6.07, 6.45) is 0.407. The first kappa shape index (κ1) is 14.6. The zero-order valence-corrected chi connectivity index (χ0v) is 11.1. The van der Waals surface area contributed by atoms with Crippen molar-refractivity contribution in [2.45, 2.75) is 11.3 Å². The van der Waals surface area contributed by atoms with Crippen LogP contribution in [-0.2, 0) is 21.2 Å². The number of rotatable bonds is 6. The zero-order valence-electron chi connectivity index (χ0n) is 9.42. The normalized spacial score (nSPS) is 11.1. The number of thiocarbonyl (C=S) groups is 1. The molecule has 0 unspecified atom stereocenters. The standard InChI is InChI=1S/C10H13N3O3S2/c11-9(14)6-13-18(15,16)8-3-1-7(2-4-8)5-10(12)17/h1-4,13H,5-6H2,(H2,11,14)(H2,12,17). The Bertz CT molecular complexity index is 552. The lowest BCUT2D eigenvalue weighted by Gasteiger charge is -2.06. The highest BCUT2D eigenvalue weighted by atomic mass is 32.2. The van der Waals surface area contributed by atoms with E-state index in [1.807, 2.05) is 0 Å². The molecule has 0 bridgehead atoms. The first-order valence-electron chi connectivity index (χ1n) is 4.96. The quantitative estimate of drug-likeness (QED) is 0.597. The smallest absolute Gasteiger partial charge is 0.241 e. The van der Waals surface area contributed by atoms with E-state index in [0.29, 0.717) is 11.4 Å². The maximum absolute atomic E-state index is 11.7. The molecule has 0 radical (unpaired) electrons. The maximum Gasteiger partial charge on any atom is 0.241 e. The Balaban J connectivity index is 2.84. The number of nitrogens with one attached hydrogen (secondary N) is 1. The van der Waals surface area contributed by atoms with Crippen LogP contribution in [0.4, 0.5) is 0 Å². The Morgan fingerprint density at radius 3 is 2.22 bits per heavy atom. The summed E-state index contributed by atoms with van der Waals surface area (Å²) in [6, 6.07) is 6.05. The van der Waals surface area contributed by atoms with Crippen LogP contribution in [0.1, 0.15) is 5.56 Å². The Morgan fingerprint density at radius 1 is 1.22 bits per heavy atom. The van der Waals surface area contributed by atoms with Gasteiger partial charge in [0.1, 0.15) is 0 Å². The summed E-state index contributed by atoms with van der Waals surface area (Å²) in [4.78, 5) is 10.9. The molecular weight excluding hydrogens is 274 g/mol. The number of amides is 1. The van der Waals surface area contributed by atoms with Gasteiger partial charge in [0.2, 0.25) is 15.9 Å². The number of carbonyl (C=O) groups is 1. The molecule has 1 aromatic rings. The minimum Gasteiger partial charge on any atom is -0.393 e. The third-order valence-electron chi connectivity index (χ3n) is 2.05. The van der Waals surface area contributed by atoms with Crippen LogP contribution < -0.4 is 16.2 Å². The summed E-state index contributed by atoms with van der Waals surface area (Å²) in [7, 11) is -3.72. The predicted molar refractivity (Wildman–Crippen MR) is 71.3 cm³/mol. The summed E-state index contributed by atoms with van der Waals surface area (Å²) in [6.45, 7) is -0.434. The number of carbonyl (C=O) groups excluding carboxylic acids is 1. The van der Waals surface area contributed by atoms with Crippen molar-refractivity contribution in [2.24, 2.45) is 11.5 Å². The van der Waals surface area contributed by atoms with Gasteiger partial charge in [-0.25, -0.2) is 13.1 Å². The van der Waals surface area contributed by atoms with Crippen LogP contribution in [0.15, 0.2) is 29.2 Å². The lowest BCUT2D eigenvalue weighted by molar-refractivity contribution is -0.116. The first-order chi connectivity index (χ1) is 8.31. The highest BCUT2D eigenvalue weighted by Gasteiger charge is 2.14. The molecule has 5 N–H and O–H groups in total. The Morgan fingerprint density at radius 2 is 1.78 bits per heavy atom. The van der Waals surface area contributed by atoms with Gasteiger partial charge in [0, 0.05) is 6.42 Å². The van der Waals surface area contributed by atoms with Crippen molar-refractivity contribution in [2.75, 3.05) is 6.54 Å². The number of hydrogen-bond donors (Lipinski definition) is 3. The molecule has 0 aliphatic heterocycles. The minimum absolute atomic E-state index is 0.0513. The number of benzene rings is 1. The van der Waals surface area contributed by atoms with Crippen molar-refractivity contribution < 1.29 is 13.2 Å². The fourth-order valence-corrected chi connectivity index (χ4v) is 2.40. The molecule has 0 aromatic heterocycles. The van der Waals surface area contributed by atoms with E-state index in [1.165, 1.54) is 12.1 Å². The molecule has 0 saturated carbocycles. The third-order valence-corrected chi connectivity index (χ3v) is 3.61. The van der Waals surface area contributed by atoms with Gasteiger partial charge in [-0.2, -0.15) is 0 Å². The van der Waals surface area contributed by atoms with Gasteiger partial charge < -0.3 is 11.5 Å². The largest absolute Gasteiger partial charge is 0.393 e. The van der Waals surface area contributed by atoms with Gasteiger partial charge in [0.25, 0.3) is 0 Å². The van der Waals surface area contributed by atoms with Crippen molar-refractivity contribution in [1.82, 2.24) is 4.72 Å². The molecule has 1 rings (SSSR count). The average molecular weight is 287 g/mol. The van der Waals surface area contributed by atoms with Crippen molar-refractivity contribution in [1.29, 1.82) is 0 Å². The van der Waals surface area contributed by atoms with E-state index in [2.05, 4.69) is 4.72 Å². The zero-order chi connectivity index (χ0) is 13.8. The van der Waals surface area contributed by atoms with Crippen LogP contribution >= 0.6 is 12.2 Å². The van der Waals surface area contributed by atoms with E-state index in [-0.39, 0.29) is 4.90 Å². The van der Waals surface area contributed by atoms with Crippen LogP contribution in [0.2, 0.25) is 0 Å².